The van der Waals surface area contributed by atoms with Gasteiger partial charge in [-0.05, 0) is 49.5 Å². The molecule has 0 atom stereocenters. The van der Waals surface area contributed by atoms with E-state index in [1.165, 1.54) is 148 Å². The molecule has 51 heavy (non-hydrogen) atoms. The van der Waals surface area contributed by atoms with E-state index in [1.807, 2.05) is 42.2 Å². The summed E-state index contributed by atoms with van der Waals surface area (Å²) in [7, 11) is -1.21. The van der Waals surface area contributed by atoms with Crippen molar-refractivity contribution in [2.45, 2.75) is 130 Å². The third kappa shape index (κ3) is 49.6. The van der Waals surface area contributed by atoms with Crippen molar-refractivity contribution in [3.05, 3.63) is 22.9 Å². The summed E-state index contributed by atoms with van der Waals surface area (Å²) in [6, 6.07) is 4.04. The number of nitrogens with zero attached hydrogens (tertiary/aromatic N) is 2. The van der Waals surface area contributed by atoms with Crippen molar-refractivity contribution in [2.24, 2.45) is 10.8 Å². The van der Waals surface area contributed by atoms with Gasteiger partial charge < -0.3 is 20.1 Å². The fourth-order valence-electron chi connectivity index (χ4n) is 4.41. The van der Waals surface area contributed by atoms with Crippen molar-refractivity contribution in [3.63, 3.8) is 0 Å². The summed E-state index contributed by atoms with van der Waals surface area (Å²) in [6.07, 6.45) is 27.1. The van der Waals surface area contributed by atoms with Crippen LogP contribution in [0.4, 0.5) is 12.9 Å². The predicted octanol–water partition coefficient (Wildman–Crippen LogP) is 7.47. The summed E-state index contributed by atoms with van der Waals surface area (Å²) < 4.78 is 37.4. The van der Waals surface area contributed by atoms with E-state index in [4.69, 9.17) is 11.1 Å². The Balaban J connectivity index is -0.000000313. The van der Waals surface area contributed by atoms with Crippen LogP contribution in [0.15, 0.2) is 28.0 Å². The molecular weight excluding hydrogens is 702 g/mol. The van der Waals surface area contributed by atoms with Crippen molar-refractivity contribution in [2.75, 3.05) is 40.1 Å². The van der Waals surface area contributed by atoms with Gasteiger partial charge in [0, 0.05) is 0 Å². The third-order valence-corrected chi connectivity index (χ3v) is 8.30. The van der Waals surface area contributed by atoms with Crippen LogP contribution >= 0.6 is 23.1 Å². The van der Waals surface area contributed by atoms with E-state index in [1.54, 1.807) is 17.6 Å². The van der Waals surface area contributed by atoms with Crippen molar-refractivity contribution < 1.29 is 42.2 Å². The molecule has 2 rings (SSSR count). The summed E-state index contributed by atoms with van der Waals surface area (Å²) >= 11 is 2.89. The SMILES string of the molecule is CC.CCN1CCCCCCCCCCCCCCCCCCC1.COC(=O)C(=[NH2+])SC.COC(=O)C(N)=NNC=O.FB(F)F.c1ccsc1. The van der Waals surface area contributed by atoms with Gasteiger partial charge in [0.2, 0.25) is 12.2 Å². The summed E-state index contributed by atoms with van der Waals surface area (Å²) in [5.41, 5.74) is 6.81. The fraction of sp³-hybridized carbons (Fsp3) is 0.743. The molecule has 1 aromatic rings. The molecule has 1 saturated heterocycles. The number of thiophene rings is 1. The lowest BCUT2D eigenvalue weighted by molar-refractivity contribution is -0.147. The molecule has 0 aromatic carbocycles. The quantitative estimate of drug-likeness (QED) is 0.0717. The molecule has 0 radical (unpaired) electrons. The van der Waals surface area contributed by atoms with Crippen LogP contribution in [0.3, 0.4) is 0 Å². The molecule has 1 amide bonds. The maximum Gasteiger partial charge on any atom is 0.762 e. The summed E-state index contributed by atoms with van der Waals surface area (Å²) in [4.78, 5) is 33.0. The number of nitrogens with two attached hydrogens (primary N) is 2. The lowest BCUT2D eigenvalue weighted by Gasteiger charge is -2.20. The average Bonchev–Trinajstić information content (AvgIpc) is 3.74. The molecule has 10 nitrogen and oxygen atoms in total. The first-order valence-corrected chi connectivity index (χ1v) is 20.2. The van der Waals surface area contributed by atoms with Crippen LogP contribution in [0.25, 0.3) is 0 Å². The highest BCUT2D eigenvalue weighted by atomic mass is 32.2. The van der Waals surface area contributed by atoms with Crippen LogP contribution in [0.1, 0.15) is 130 Å². The number of thioether (sulfide) groups is 1. The number of carbonyl (C=O) groups is 3. The summed E-state index contributed by atoms with van der Waals surface area (Å²) in [6.45, 7) is 10.3. The monoisotopic (exact) mass is 770 g/mol. The lowest BCUT2D eigenvalue weighted by Crippen LogP contribution is -2.42. The number of esters is 2. The van der Waals surface area contributed by atoms with Crippen LogP contribution in [0.5, 0.6) is 0 Å². The van der Waals surface area contributed by atoms with E-state index in [-0.39, 0.29) is 11.5 Å². The summed E-state index contributed by atoms with van der Waals surface area (Å²) in [5, 5.41) is 12.5. The molecule has 1 aliphatic heterocycles. The Morgan fingerprint density at radius 1 is 0.824 bits per heavy atom. The molecule has 16 heteroatoms. The predicted molar refractivity (Wildman–Crippen MR) is 211 cm³/mol. The van der Waals surface area contributed by atoms with E-state index in [0.717, 1.165) is 7.11 Å². The molecule has 0 unspecified atom stereocenters. The highest BCUT2D eigenvalue weighted by molar-refractivity contribution is 8.14. The van der Waals surface area contributed by atoms with Crippen molar-refractivity contribution in [1.29, 1.82) is 0 Å². The Bertz CT molecular complexity index is 870. The first-order chi connectivity index (χ1) is 24.6. The number of hydrogen-bond donors (Lipinski definition) is 3. The number of hydrazone groups is 1. The van der Waals surface area contributed by atoms with Crippen LogP contribution < -0.4 is 16.6 Å². The van der Waals surface area contributed by atoms with Crippen LogP contribution in [0, 0.1) is 0 Å². The standard InChI is InChI=1S/C21H43N.C4H7N3O3.C4H7NO2S.C4H4S.C2H6.BF3/c1-2-22-20-18-16-14-12-10-8-6-4-3-5-7-9-11-13-15-17-19-21-22;1-10-4(9)3(5)7-6-2-8;1-7-4(6)3(5)8-2;1-2-4-5-3-1;1-2;2-1(3)4/h2-21H2,1H3;2H,1H3,(H2,5,7)(H,6,8);5H,1-2H3;1-4H;1-2H3;/p+1. The number of nitrogens with one attached hydrogen (secondary N) is 1. The minimum atomic E-state index is -3.67. The van der Waals surface area contributed by atoms with E-state index < -0.39 is 25.3 Å². The normalized spacial score (nSPS) is 15.0. The molecule has 1 aliphatic rings. The van der Waals surface area contributed by atoms with Gasteiger partial charge in [-0.1, -0.05) is 141 Å². The zero-order chi connectivity index (χ0) is 39.4. The number of ether oxygens (including phenoxy) is 2. The van der Waals surface area contributed by atoms with E-state index in [9.17, 15) is 27.3 Å². The Labute approximate surface area is 315 Å². The number of hydrogen-bond acceptors (Lipinski definition) is 9. The largest absolute Gasteiger partial charge is 0.762 e. The summed E-state index contributed by atoms with van der Waals surface area (Å²) in [5.74, 6) is -1.64. The molecule has 0 spiro atoms. The fourth-order valence-corrected chi connectivity index (χ4v) is 5.11. The zero-order valence-corrected chi connectivity index (χ0v) is 33.8. The second-order valence-corrected chi connectivity index (χ2v) is 12.4. The topological polar surface area (TPSA) is 149 Å². The first-order valence-electron chi connectivity index (χ1n) is 18.1. The van der Waals surface area contributed by atoms with Gasteiger partial charge in [-0.25, -0.2) is 20.4 Å². The van der Waals surface area contributed by atoms with E-state index in [0.29, 0.717) is 0 Å². The lowest BCUT2D eigenvalue weighted by atomic mass is 10.0. The van der Waals surface area contributed by atoms with Gasteiger partial charge in [-0.15, -0.1) is 5.10 Å². The Morgan fingerprint density at radius 2 is 1.16 bits per heavy atom. The molecular formula is C35H68BF3N5O5S2+. The van der Waals surface area contributed by atoms with Crippen LogP contribution in [0.2, 0.25) is 0 Å². The molecule has 0 saturated carbocycles. The Morgan fingerprint density at radius 3 is 1.37 bits per heavy atom. The molecule has 0 bridgehead atoms. The smallest absolute Gasteiger partial charge is 0.463 e. The number of amidine groups is 1. The molecule has 0 aliphatic carbocycles. The molecule has 5 N–H and O–H groups in total. The molecule has 1 aromatic heterocycles. The minimum Gasteiger partial charge on any atom is -0.463 e. The zero-order valence-electron chi connectivity index (χ0n) is 32.1. The molecule has 2 heterocycles. The highest BCUT2D eigenvalue weighted by Gasteiger charge is 2.12. The first kappa shape index (κ1) is 55.2. The van der Waals surface area contributed by atoms with Gasteiger partial charge in [0.25, 0.3) is 0 Å². The third-order valence-electron chi connectivity index (χ3n) is 7.06. The number of halogens is 3. The van der Waals surface area contributed by atoms with Crippen LogP contribution in [-0.4, -0.2) is 81.8 Å². The average molecular weight is 771 g/mol. The Hall–Kier alpha value is -2.59. The van der Waals surface area contributed by atoms with Gasteiger partial charge in [-0.2, -0.15) is 11.3 Å². The van der Waals surface area contributed by atoms with Gasteiger partial charge in [0.05, 0.1) is 14.2 Å². The number of carbonyl (C=O) groups excluding carboxylic acids is 3. The highest BCUT2D eigenvalue weighted by Crippen LogP contribution is 2.15. The van der Waals surface area contributed by atoms with E-state index in [2.05, 4.69) is 26.4 Å². The molecule has 298 valence electrons. The number of methoxy groups -OCH3 is 2. The van der Waals surface area contributed by atoms with Gasteiger partial charge in [0.15, 0.2) is 0 Å². The van der Waals surface area contributed by atoms with Gasteiger partial charge >= 0.3 is 24.5 Å². The second-order valence-electron chi connectivity index (χ2n) is 10.8. The maximum atomic E-state index is 10.4. The number of amides is 1. The van der Waals surface area contributed by atoms with Gasteiger partial charge in [-0.3, -0.25) is 17.7 Å². The maximum absolute atomic E-state index is 10.4. The van der Waals surface area contributed by atoms with Crippen molar-refractivity contribution in [3.8, 4) is 0 Å². The van der Waals surface area contributed by atoms with Gasteiger partial charge in [0.1, 0.15) is 0 Å². The molecule has 1 fully saturated rings. The number of rotatable bonds is 3. The van der Waals surface area contributed by atoms with Crippen molar-refractivity contribution in [1.82, 2.24) is 10.3 Å². The second kappa shape index (κ2) is 47.4. The Kier molecular flexibility index (Phi) is 51.3. The van der Waals surface area contributed by atoms with E-state index >= 15 is 0 Å². The van der Waals surface area contributed by atoms with Crippen molar-refractivity contribution >= 4 is 59.9 Å². The minimum absolute atomic E-state index is 0.188. The van der Waals surface area contributed by atoms with Crippen LogP contribution in [-0.2, 0) is 23.9 Å².